The maximum Gasteiger partial charge on any atom is 0.257 e. The molecule has 0 radical (unpaired) electrons. The molecule has 0 aliphatic heterocycles. The molecule has 29 heavy (non-hydrogen) atoms. The van der Waals surface area contributed by atoms with Crippen LogP contribution >= 0.6 is 0 Å². The maximum atomic E-state index is 13.1. The predicted molar refractivity (Wildman–Crippen MR) is 111 cm³/mol. The number of anilines is 1. The zero-order valence-electron chi connectivity index (χ0n) is 16.8. The van der Waals surface area contributed by atoms with Gasteiger partial charge in [-0.3, -0.25) is 14.2 Å². The minimum absolute atomic E-state index is 0.246. The van der Waals surface area contributed by atoms with Gasteiger partial charge in [-0.05, 0) is 44.2 Å². The van der Waals surface area contributed by atoms with Crippen molar-refractivity contribution < 1.29 is 9.53 Å². The Kier molecular flexibility index (Phi) is 4.75. The molecule has 1 amide bonds. The van der Waals surface area contributed by atoms with Crippen LogP contribution in [-0.4, -0.2) is 37.6 Å². The predicted octanol–water partition coefficient (Wildman–Crippen LogP) is 3.42. The minimum Gasteiger partial charge on any atom is -0.497 e. The van der Waals surface area contributed by atoms with Crippen LogP contribution in [0.1, 0.15) is 23.0 Å². The number of pyridine rings is 1. The minimum atomic E-state index is -0.246. The topological polar surface area (TPSA) is 86.9 Å². The molecule has 3 heterocycles. The third kappa shape index (κ3) is 3.44. The van der Waals surface area contributed by atoms with E-state index in [9.17, 15) is 4.79 Å². The van der Waals surface area contributed by atoms with Gasteiger partial charge in [-0.15, -0.1) is 0 Å². The van der Waals surface area contributed by atoms with Gasteiger partial charge in [-0.2, -0.15) is 10.2 Å². The Labute approximate surface area is 168 Å². The van der Waals surface area contributed by atoms with Crippen molar-refractivity contribution in [2.75, 3.05) is 12.4 Å². The van der Waals surface area contributed by atoms with E-state index in [4.69, 9.17) is 9.72 Å². The summed E-state index contributed by atoms with van der Waals surface area (Å²) in [7, 11) is 3.45. The number of ether oxygens (including phenoxy) is 1. The molecule has 0 spiro atoms. The average Bonchev–Trinajstić information content (AvgIpc) is 3.31. The van der Waals surface area contributed by atoms with Gasteiger partial charge < -0.3 is 10.1 Å². The summed E-state index contributed by atoms with van der Waals surface area (Å²) in [4.78, 5) is 17.9. The number of fused-ring (bicyclic) bond motifs is 1. The molecule has 0 saturated heterocycles. The lowest BCUT2D eigenvalue weighted by molar-refractivity contribution is 0.102. The number of carbonyl (C=O) groups excluding carboxylic acids is 1. The van der Waals surface area contributed by atoms with Gasteiger partial charge in [0, 0.05) is 31.4 Å². The van der Waals surface area contributed by atoms with Gasteiger partial charge in [0.1, 0.15) is 5.75 Å². The molecule has 4 rings (SSSR count). The number of nitrogens with one attached hydrogen (secondary N) is 1. The molecule has 3 aromatic heterocycles. The van der Waals surface area contributed by atoms with E-state index in [1.165, 1.54) is 0 Å². The summed E-state index contributed by atoms with van der Waals surface area (Å²) in [5.41, 5.74) is 3.49. The molecule has 0 saturated carbocycles. The van der Waals surface area contributed by atoms with Crippen molar-refractivity contribution >= 4 is 22.8 Å². The highest BCUT2D eigenvalue weighted by atomic mass is 16.5. The highest BCUT2D eigenvalue weighted by Crippen LogP contribution is 2.28. The Hall–Kier alpha value is -3.68. The Bertz CT molecular complexity index is 1190. The van der Waals surface area contributed by atoms with Gasteiger partial charge in [0.25, 0.3) is 5.91 Å². The second kappa shape index (κ2) is 7.38. The standard InChI is InChI=1S/C21H22N6O2/c1-5-27-11-10-18(25-27)23-21(28)16-12-17(14-6-8-15(29-4)9-7-14)22-20-19(16)13(2)24-26(20)3/h6-12H,5H2,1-4H3,(H,23,25,28). The van der Waals surface area contributed by atoms with Crippen molar-refractivity contribution in [1.29, 1.82) is 0 Å². The van der Waals surface area contributed by atoms with Crippen molar-refractivity contribution in [3.8, 4) is 17.0 Å². The van der Waals surface area contributed by atoms with Crippen LogP contribution in [0.25, 0.3) is 22.3 Å². The number of methoxy groups -OCH3 is 1. The van der Waals surface area contributed by atoms with Crippen LogP contribution in [0.4, 0.5) is 5.82 Å². The average molecular weight is 390 g/mol. The quantitative estimate of drug-likeness (QED) is 0.564. The van der Waals surface area contributed by atoms with Gasteiger partial charge in [0.15, 0.2) is 11.5 Å². The van der Waals surface area contributed by atoms with E-state index in [1.807, 2.05) is 51.4 Å². The number of hydrogen-bond acceptors (Lipinski definition) is 5. The maximum absolute atomic E-state index is 13.1. The van der Waals surface area contributed by atoms with Gasteiger partial charge in [-0.1, -0.05) is 0 Å². The molecule has 0 bridgehead atoms. The fraction of sp³-hybridized carbons (Fsp3) is 0.238. The Morgan fingerprint density at radius 3 is 2.59 bits per heavy atom. The lowest BCUT2D eigenvalue weighted by Gasteiger charge is -2.09. The van der Waals surface area contributed by atoms with Crippen LogP contribution in [0.2, 0.25) is 0 Å². The van der Waals surface area contributed by atoms with E-state index >= 15 is 0 Å². The van der Waals surface area contributed by atoms with Gasteiger partial charge in [0.2, 0.25) is 0 Å². The molecule has 8 nitrogen and oxygen atoms in total. The molecule has 0 fully saturated rings. The monoisotopic (exact) mass is 390 g/mol. The number of aryl methyl sites for hydroxylation is 3. The summed E-state index contributed by atoms with van der Waals surface area (Å²) < 4.78 is 8.68. The number of aromatic nitrogens is 5. The summed E-state index contributed by atoms with van der Waals surface area (Å²) in [5.74, 6) is 1.02. The molecule has 4 aromatic rings. The summed E-state index contributed by atoms with van der Waals surface area (Å²) in [6, 6.07) is 11.1. The molecule has 1 N–H and O–H groups in total. The molecular weight excluding hydrogens is 368 g/mol. The summed E-state index contributed by atoms with van der Waals surface area (Å²) >= 11 is 0. The second-order valence-corrected chi connectivity index (χ2v) is 6.70. The largest absolute Gasteiger partial charge is 0.497 e. The molecule has 0 aliphatic rings. The molecule has 148 valence electrons. The van der Waals surface area contributed by atoms with Gasteiger partial charge in [0.05, 0.1) is 29.4 Å². The Balaban J connectivity index is 1.81. The zero-order chi connectivity index (χ0) is 20.5. The van der Waals surface area contributed by atoms with Gasteiger partial charge >= 0.3 is 0 Å². The van der Waals surface area contributed by atoms with E-state index in [2.05, 4.69) is 15.5 Å². The van der Waals surface area contributed by atoms with Crippen LogP contribution in [-0.2, 0) is 13.6 Å². The van der Waals surface area contributed by atoms with E-state index in [-0.39, 0.29) is 5.91 Å². The fourth-order valence-electron chi connectivity index (χ4n) is 3.32. The number of amides is 1. The lowest BCUT2D eigenvalue weighted by Crippen LogP contribution is -2.14. The van der Waals surface area contributed by atoms with Crippen molar-refractivity contribution in [1.82, 2.24) is 24.5 Å². The number of nitrogens with zero attached hydrogens (tertiary/aromatic N) is 5. The first kappa shape index (κ1) is 18.7. The zero-order valence-corrected chi connectivity index (χ0v) is 16.8. The van der Waals surface area contributed by atoms with E-state index in [1.54, 1.807) is 28.6 Å². The van der Waals surface area contributed by atoms with Crippen LogP contribution in [0, 0.1) is 6.92 Å². The van der Waals surface area contributed by atoms with Crippen molar-refractivity contribution in [2.45, 2.75) is 20.4 Å². The summed E-state index contributed by atoms with van der Waals surface area (Å²) in [6.45, 7) is 4.60. The molecular formula is C21H22N6O2. The van der Waals surface area contributed by atoms with Crippen LogP contribution in [0.3, 0.4) is 0 Å². The third-order valence-corrected chi connectivity index (χ3v) is 4.81. The summed E-state index contributed by atoms with van der Waals surface area (Å²) in [6.07, 6.45) is 1.83. The first-order valence-electron chi connectivity index (χ1n) is 9.33. The molecule has 0 unspecified atom stereocenters. The first-order chi connectivity index (χ1) is 14.0. The Morgan fingerprint density at radius 1 is 1.17 bits per heavy atom. The number of rotatable bonds is 5. The first-order valence-corrected chi connectivity index (χ1v) is 9.33. The van der Waals surface area contributed by atoms with Crippen LogP contribution in [0.5, 0.6) is 5.75 Å². The van der Waals surface area contributed by atoms with Gasteiger partial charge in [-0.25, -0.2) is 4.98 Å². The van der Waals surface area contributed by atoms with Crippen LogP contribution in [0.15, 0.2) is 42.6 Å². The van der Waals surface area contributed by atoms with Crippen molar-refractivity contribution in [2.24, 2.45) is 7.05 Å². The third-order valence-electron chi connectivity index (χ3n) is 4.81. The lowest BCUT2D eigenvalue weighted by atomic mass is 10.0. The number of hydrogen-bond donors (Lipinski definition) is 1. The molecule has 0 atom stereocenters. The molecule has 1 aromatic carbocycles. The molecule has 0 aliphatic carbocycles. The number of carbonyl (C=O) groups is 1. The SMILES string of the molecule is CCn1ccc(NC(=O)c2cc(-c3ccc(OC)cc3)nc3c2c(C)nn3C)n1. The summed E-state index contributed by atoms with van der Waals surface area (Å²) in [5, 5.41) is 12.4. The van der Waals surface area contributed by atoms with E-state index in [0.717, 1.165) is 28.9 Å². The highest BCUT2D eigenvalue weighted by molar-refractivity contribution is 6.13. The number of benzene rings is 1. The van der Waals surface area contributed by atoms with Crippen LogP contribution < -0.4 is 10.1 Å². The van der Waals surface area contributed by atoms with E-state index < -0.39 is 0 Å². The fourth-order valence-corrected chi connectivity index (χ4v) is 3.32. The normalized spacial score (nSPS) is 11.0. The Morgan fingerprint density at radius 2 is 1.93 bits per heavy atom. The highest BCUT2D eigenvalue weighted by Gasteiger charge is 2.20. The van der Waals surface area contributed by atoms with Crippen molar-refractivity contribution in [3.63, 3.8) is 0 Å². The van der Waals surface area contributed by atoms with E-state index in [0.29, 0.717) is 22.7 Å². The van der Waals surface area contributed by atoms with Crippen molar-refractivity contribution in [3.05, 3.63) is 53.9 Å². The smallest absolute Gasteiger partial charge is 0.257 e. The second-order valence-electron chi connectivity index (χ2n) is 6.70. The molecule has 8 heteroatoms.